The molecule has 0 radical (unpaired) electrons. The van der Waals surface area contributed by atoms with E-state index in [-0.39, 0.29) is 0 Å². The van der Waals surface area contributed by atoms with Gasteiger partial charge in [-0.2, -0.15) is 0 Å². The molecular weight excluding hydrogens is 695 g/mol. The van der Waals surface area contributed by atoms with Crippen LogP contribution >= 0.6 is 11.3 Å². The van der Waals surface area contributed by atoms with Crippen LogP contribution in [-0.2, 0) is 0 Å². The normalized spacial score (nSPS) is 11.6. The lowest BCUT2D eigenvalue weighted by Crippen LogP contribution is -2.11. The van der Waals surface area contributed by atoms with Crippen molar-refractivity contribution in [3.8, 4) is 33.4 Å². The molecule has 0 fully saturated rings. The molecule has 0 bridgehead atoms. The number of nitrogens with zero attached hydrogens (tertiary/aromatic N) is 1. The van der Waals surface area contributed by atoms with Gasteiger partial charge in [-0.25, -0.2) is 0 Å². The van der Waals surface area contributed by atoms with Gasteiger partial charge in [0.15, 0.2) is 0 Å². The van der Waals surface area contributed by atoms with E-state index in [1.54, 1.807) is 0 Å². The van der Waals surface area contributed by atoms with E-state index < -0.39 is 0 Å². The van der Waals surface area contributed by atoms with Crippen LogP contribution in [0.3, 0.4) is 0 Å². The molecule has 0 atom stereocenters. The van der Waals surface area contributed by atoms with Crippen LogP contribution in [-0.4, -0.2) is 0 Å². The Kier molecular flexibility index (Phi) is 7.75. The maximum atomic E-state index is 2.45. The summed E-state index contributed by atoms with van der Waals surface area (Å²) in [4.78, 5) is 2.45. The predicted molar refractivity (Wildman–Crippen MR) is 243 cm³/mol. The van der Waals surface area contributed by atoms with Crippen LogP contribution in [0.4, 0.5) is 17.1 Å². The number of hydrogen-bond acceptors (Lipinski definition) is 2. The van der Waals surface area contributed by atoms with E-state index in [4.69, 9.17) is 0 Å². The fourth-order valence-electron chi connectivity index (χ4n) is 8.55. The van der Waals surface area contributed by atoms with Crippen LogP contribution in [0.25, 0.3) is 85.9 Å². The minimum Gasteiger partial charge on any atom is -0.309 e. The smallest absolute Gasteiger partial charge is 0.0540 e. The summed E-state index contributed by atoms with van der Waals surface area (Å²) in [5.74, 6) is 0. The van der Waals surface area contributed by atoms with Crippen molar-refractivity contribution in [2.75, 3.05) is 4.90 Å². The molecule has 0 aliphatic heterocycles. The Morgan fingerprint density at radius 3 is 1.68 bits per heavy atom. The molecule has 0 aliphatic carbocycles. The van der Waals surface area contributed by atoms with E-state index in [9.17, 15) is 0 Å². The molecule has 1 nitrogen and oxygen atoms in total. The molecule has 0 N–H and O–H groups in total. The molecule has 1 heterocycles. The van der Waals surface area contributed by atoms with Gasteiger partial charge in [-0.1, -0.05) is 164 Å². The number of benzene rings is 10. The summed E-state index contributed by atoms with van der Waals surface area (Å²) in [6.45, 7) is 0. The van der Waals surface area contributed by atoms with Crippen molar-refractivity contribution in [2.45, 2.75) is 0 Å². The summed E-state index contributed by atoms with van der Waals surface area (Å²) in [7, 11) is 0. The van der Waals surface area contributed by atoms with Crippen molar-refractivity contribution >= 4 is 80.9 Å². The summed E-state index contributed by atoms with van der Waals surface area (Å²) >= 11 is 1.87. The molecule has 0 amide bonds. The third kappa shape index (κ3) is 5.46. The van der Waals surface area contributed by atoms with Gasteiger partial charge in [-0.05, 0) is 103 Å². The van der Waals surface area contributed by atoms with Gasteiger partial charge in [0, 0.05) is 36.8 Å². The quantitative estimate of drug-likeness (QED) is 0.154. The minimum atomic E-state index is 1.11. The molecule has 11 aromatic rings. The van der Waals surface area contributed by atoms with Gasteiger partial charge in [0.05, 0.1) is 11.4 Å². The number of thiophene rings is 1. The first-order valence-electron chi connectivity index (χ1n) is 19.2. The summed E-state index contributed by atoms with van der Waals surface area (Å²) in [5.41, 5.74) is 10.6. The molecule has 0 aliphatic rings. The average molecular weight is 730 g/mol. The van der Waals surface area contributed by atoms with E-state index in [0.29, 0.717) is 0 Å². The first-order chi connectivity index (χ1) is 27.8. The Morgan fingerprint density at radius 2 is 0.857 bits per heavy atom. The number of hydrogen-bond donors (Lipinski definition) is 0. The second kappa shape index (κ2) is 13.4. The number of anilines is 3. The standard InChI is InChI=1S/C54H35NS/c1-2-13-36(14-3-1)37-29-31-42(32-30-37)55(52-23-12-16-41-34-50-47-21-9-11-24-53(47)56-54(50)35-49(41)52)51-22-10-8-18-44(51)38-25-27-39(28-26-38)48-33-40-15-4-5-17-43(40)45-19-6-7-20-46(45)48/h1-35H. The van der Waals surface area contributed by atoms with Crippen molar-refractivity contribution in [3.63, 3.8) is 0 Å². The molecule has 2 heteroatoms. The highest BCUT2D eigenvalue weighted by molar-refractivity contribution is 7.25. The Morgan fingerprint density at radius 1 is 0.286 bits per heavy atom. The van der Waals surface area contributed by atoms with E-state index in [1.165, 1.54) is 85.9 Å². The Hall–Kier alpha value is -7.00. The SMILES string of the molecule is c1ccc(-c2ccc(N(c3ccccc3-c3ccc(-c4cc5ccccc5c5ccccc45)cc3)c3cccc4cc5c(cc34)sc3ccccc35)cc2)cc1. The molecule has 262 valence electrons. The molecule has 0 unspecified atom stereocenters. The van der Waals surface area contributed by atoms with E-state index >= 15 is 0 Å². The van der Waals surface area contributed by atoms with Gasteiger partial charge < -0.3 is 4.90 Å². The Balaban J connectivity index is 1.08. The van der Waals surface area contributed by atoms with Gasteiger partial charge in [0.25, 0.3) is 0 Å². The highest BCUT2D eigenvalue weighted by atomic mass is 32.1. The largest absolute Gasteiger partial charge is 0.309 e. The highest BCUT2D eigenvalue weighted by Gasteiger charge is 2.20. The predicted octanol–water partition coefficient (Wildman–Crippen LogP) is 16.0. The van der Waals surface area contributed by atoms with Crippen LogP contribution in [0.1, 0.15) is 0 Å². The molecule has 10 aromatic carbocycles. The highest BCUT2D eigenvalue weighted by Crippen LogP contribution is 2.46. The topological polar surface area (TPSA) is 3.24 Å². The molecule has 11 rings (SSSR count). The zero-order chi connectivity index (χ0) is 37.0. The van der Waals surface area contributed by atoms with Crippen LogP contribution in [0.15, 0.2) is 212 Å². The second-order valence-electron chi connectivity index (χ2n) is 14.5. The molecule has 0 saturated carbocycles. The zero-order valence-electron chi connectivity index (χ0n) is 30.6. The van der Waals surface area contributed by atoms with Crippen molar-refractivity contribution in [1.82, 2.24) is 0 Å². The molecule has 0 spiro atoms. The maximum absolute atomic E-state index is 2.45. The lowest BCUT2D eigenvalue weighted by Gasteiger charge is -2.29. The van der Waals surface area contributed by atoms with Gasteiger partial charge in [0.1, 0.15) is 0 Å². The van der Waals surface area contributed by atoms with E-state index in [1.807, 2.05) is 11.3 Å². The zero-order valence-corrected chi connectivity index (χ0v) is 31.4. The number of fused-ring (bicyclic) bond motifs is 7. The van der Waals surface area contributed by atoms with Gasteiger partial charge in [0.2, 0.25) is 0 Å². The first kappa shape index (κ1) is 32.4. The van der Waals surface area contributed by atoms with Crippen LogP contribution in [0.2, 0.25) is 0 Å². The van der Waals surface area contributed by atoms with E-state index in [0.717, 1.165) is 17.1 Å². The molecular formula is C54H35NS. The number of para-hydroxylation sites is 1. The fourth-order valence-corrected chi connectivity index (χ4v) is 9.68. The van der Waals surface area contributed by atoms with Crippen molar-refractivity contribution in [1.29, 1.82) is 0 Å². The summed E-state index contributed by atoms with van der Waals surface area (Å²) in [6, 6.07) is 77.7. The van der Waals surface area contributed by atoms with Crippen LogP contribution in [0, 0.1) is 0 Å². The van der Waals surface area contributed by atoms with Gasteiger partial charge in [-0.3, -0.25) is 0 Å². The molecule has 1 aromatic heterocycles. The molecule has 56 heavy (non-hydrogen) atoms. The summed E-state index contributed by atoms with van der Waals surface area (Å²) in [5, 5.41) is 10.2. The van der Waals surface area contributed by atoms with E-state index in [2.05, 4.69) is 217 Å². The fraction of sp³-hybridized carbons (Fsp3) is 0. The van der Waals surface area contributed by atoms with Crippen molar-refractivity contribution in [3.05, 3.63) is 212 Å². The van der Waals surface area contributed by atoms with Crippen LogP contribution in [0.5, 0.6) is 0 Å². The number of rotatable bonds is 6. The average Bonchev–Trinajstić information content (AvgIpc) is 3.64. The van der Waals surface area contributed by atoms with Crippen molar-refractivity contribution < 1.29 is 0 Å². The summed E-state index contributed by atoms with van der Waals surface area (Å²) < 4.78 is 2.62. The first-order valence-corrected chi connectivity index (χ1v) is 20.0. The summed E-state index contributed by atoms with van der Waals surface area (Å²) in [6.07, 6.45) is 0. The van der Waals surface area contributed by atoms with Crippen molar-refractivity contribution in [2.24, 2.45) is 0 Å². The second-order valence-corrected chi connectivity index (χ2v) is 15.6. The molecule has 0 saturated heterocycles. The maximum Gasteiger partial charge on any atom is 0.0540 e. The van der Waals surface area contributed by atoms with Gasteiger partial charge in [-0.15, -0.1) is 11.3 Å². The lowest BCUT2D eigenvalue weighted by molar-refractivity contribution is 1.30. The monoisotopic (exact) mass is 729 g/mol. The third-order valence-electron chi connectivity index (χ3n) is 11.2. The van der Waals surface area contributed by atoms with Gasteiger partial charge >= 0.3 is 0 Å². The third-order valence-corrected chi connectivity index (χ3v) is 12.4. The Labute approximate surface area is 330 Å². The minimum absolute atomic E-state index is 1.11. The van der Waals surface area contributed by atoms with Crippen LogP contribution < -0.4 is 4.90 Å². The lowest BCUT2D eigenvalue weighted by atomic mass is 9.92. The Bertz CT molecular complexity index is 3230.